The summed E-state index contributed by atoms with van der Waals surface area (Å²) in [5, 5.41) is 3.56. The highest BCUT2D eigenvalue weighted by Gasteiger charge is 2.30. The summed E-state index contributed by atoms with van der Waals surface area (Å²) in [7, 11) is 1.88. The minimum Gasteiger partial charge on any atom is -0.379 e. The van der Waals surface area contributed by atoms with E-state index in [9.17, 15) is 4.39 Å². The van der Waals surface area contributed by atoms with Gasteiger partial charge in [0.15, 0.2) is 5.96 Å². The monoisotopic (exact) mass is 560 g/mol. The molecule has 0 aromatic heterocycles. The van der Waals surface area contributed by atoms with E-state index in [0.29, 0.717) is 6.04 Å². The number of para-hydroxylation sites is 1. The molecule has 0 aliphatic carbocycles. The van der Waals surface area contributed by atoms with Crippen LogP contribution in [-0.4, -0.2) is 112 Å². The molecular formula is C23H38FIN6O. The van der Waals surface area contributed by atoms with Gasteiger partial charge in [-0.25, -0.2) is 4.39 Å². The summed E-state index contributed by atoms with van der Waals surface area (Å²) in [6.45, 7) is 11.7. The van der Waals surface area contributed by atoms with E-state index in [2.05, 4.69) is 29.9 Å². The molecule has 1 unspecified atom stereocenters. The molecule has 3 saturated heterocycles. The average Bonchev–Trinajstić information content (AvgIpc) is 3.31. The average molecular weight is 561 g/mol. The molecule has 3 aliphatic rings. The zero-order valence-corrected chi connectivity index (χ0v) is 21.5. The molecule has 1 atom stereocenters. The number of ether oxygens (including phenoxy) is 1. The number of anilines is 1. The van der Waals surface area contributed by atoms with E-state index in [1.54, 1.807) is 12.1 Å². The van der Waals surface area contributed by atoms with Gasteiger partial charge >= 0.3 is 0 Å². The van der Waals surface area contributed by atoms with Crippen molar-refractivity contribution in [1.82, 2.24) is 20.0 Å². The lowest BCUT2D eigenvalue weighted by atomic mass is 10.2. The maximum atomic E-state index is 14.0. The molecule has 3 aliphatic heterocycles. The van der Waals surface area contributed by atoms with Crippen LogP contribution in [0.3, 0.4) is 0 Å². The van der Waals surface area contributed by atoms with Gasteiger partial charge in [0.1, 0.15) is 5.82 Å². The number of hydrogen-bond acceptors (Lipinski definition) is 5. The molecule has 9 heteroatoms. The first-order valence-corrected chi connectivity index (χ1v) is 11.7. The number of aliphatic imine (C=N–C) groups is 1. The van der Waals surface area contributed by atoms with Crippen molar-refractivity contribution in [3.63, 3.8) is 0 Å². The predicted octanol–water partition coefficient (Wildman–Crippen LogP) is 1.94. The molecule has 0 radical (unpaired) electrons. The number of benzene rings is 1. The van der Waals surface area contributed by atoms with Crippen molar-refractivity contribution in [2.75, 3.05) is 90.6 Å². The molecule has 7 nitrogen and oxygen atoms in total. The Balaban J connectivity index is 0.00000289. The molecule has 32 heavy (non-hydrogen) atoms. The molecular weight excluding hydrogens is 522 g/mol. The molecule has 4 rings (SSSR count). The third kappa shape index (κ3) is 6.68. The van der Waals surface area contributed by atoms with Crippen molar-refractivity contribution in [2.45, 2.75) is 18.9 Å². The molecule has 1 N–H and O–H groups in total. The summed E-state index contributed by atoms with van der Waals surface area (Å²) in [5.41, 5.74) is 0.730. The van der Waals surface area contributed by atoms with Crippen LogP contribution < -0.4 is 10.2 Å². The Bertz CT molecular complexity index is 724. The number of rotatable bonds is 6. The van der Waals surface area contributed by atoms with Gasteiger partial charge in [0.25, 0.3) is 0 Å². The van der Waals surface area contributed by atoms with Crippen LogP contribution in [0, 0.1) is 5.82 Å². The van der Waals surface area contributed by atoms with Crippen LogP contribution in [0.15, 0.2) is 29.3 Å². The van der Waals surface area contributed by atoms with Crippen LogP contribution >= 0.6 is 24.0 Å². The van der Waals surface area contributed by atoms with E-state index in [-0.39, 0.29) is 29.8 Å². The molecule has 3 heterocycles. The summed E-state index contributed by atoms with van der Waals surface area (Å²) < 4.78 is 19.5. The number of hydrogen-bond donors (Lipinski definition) is 1. The number of piperazine rings is 1. The van der Waals surface area contributed by atoms with Crippen LogP contribution in [0.4, 0.5) is 10.1 Å². The Hall–Kier alpha value is -1.17. The fraction of sp³-hybridized carbons (Fsp3) is 0.696. The zero-order valence-electron chi connectivity index (χ0n) is 19.2. The number of likely N-dealkylation sites (tertiary alicyclic amines) is 1. The van der Waals surface area contributed by atoms with E-state index in [4.69, 9.17) is 4.74 Å². The fourth-order valence-electron chi connectivity index (χ4n) is 4.93. The van der Waals surface area contributed by atoms with E-state index >= 15 is 0 Å². The van der Waals surface area contributed by atoms with Crippen molar-refractivity contribution < 1.29 is 9.13 Å². The molecule has 0 amide bonds. The van der Waals surface area contributed by atoms with Crippen molar-refractivity contribution in [2.24, 2.45) is 4.99 Å². The molecule has 0 spiro atoms. The molecule has 0 bridgehead atoms. The SMILES string of the molecule is CN=C(NCCCN1CCN(c2ccccc2F)CC1)N1CCC(N2CCOCC2)C1.I. The molecule has 3 fully saturated rings. The minimum absolute atomic E-state index is 0. The number of guanidine groups is 1. The molecule has 1 aromatic rings. The highest BCUT2D eigenvalue weighted by Crippen LogP contribution is 2.20. The number of halogens is 2. The van der Waals surface area contributed by atoms with E-state index in [1.807, 2.05) is 19.2 Å². The first kappa shape index (κ1) is 25.5. The second kappa shape index (κ2) is 12.9. The van der Waals surface area contributed by atoms with Crippen molar-refractivity contribution in [3.05, 3.63) is 30.1 Å². The molecule has 0 saturated carbocycles. The van der Waals surface area contributed by atoms with Gasteiger partial charge in [0, 0.05) is 72.0 Å². The molecule has 1 aromatic carbocycles. The minimum atomic E-state index is -0.121. The largest absolute Gasteiger partial charge is 0.379 e. The van der Waals surface area contributed by atoms with E-state index in [1.165, 1.54) is 6.42 Å². The third-order valence-corrected chi connectivity index (χ3v) is 6.74. The Labute approximate surface area is 209 Å². The lowest BCUT2D eigenvalue weighted by molar-refractivity contribution is 0.0195. The van der Waals surface area contributed by atoms with Crippen LogP contribution in [0.1, 0.15) is 12.8 Å². The smallest absolute Gasteiger partial charge is 0.193 e. The van der Waals surface area contributed by atoms with Crippen LogP contribution in [-0.2, 0) is 4.74 Å². The van der Waals surface area contributed by atoms with Gasteiger partial charge in [-0.2, -0.15) is 0 Å². The Morgan fingerprint density at radius 1 is 1.09 bits per heavy atom. The number of nitrogens with zero attached hydrogens (tertiary/aromatic N) is 5. The van der Waals surface area contributed by atoms with Crippen LogP contribution in [0.25, 0.3) is 0 Å². The Kier molecular flexibility index (Phi) is 10.3. The molecule has 180 valence electrons. The zero-order chi connectivity index (χ0) is 21.5. The third-order valence-electron chi connectivity index (χ3n) is 6.74. The topological polar surface area (TPSA) is 46.6 Å². The fourth-order valence-corrected chi connectivity index (χ4v) is 4.93. The van der Waals surface area contributed by atoms with Gasteiger partial charge in [-0.3, -0.25) is 14.8 Å². The predicted molar refractivity (Wildman–Crippen MR) is 139 cm³/mol. The lowest BCUT2D eigenvalue weighted by Crippen LogP contribution is -2.48. The van der Waals surface area contributed by atoms with Gasteiger partial charge in [0.05, 0.1) is 18.9 Å². The second-order valence-corrected chi connectivity index (χ2v) is 8.64. The summed E-state index contributed by atoms with van der Waals surface area (Å²) in [5.74, 6) is 0.907. The maximum absolute atomic E-state index is 14.0. The highest BCUT2D eigenvalue weighted by molar-refractivity contribution is 14.0. The quantitative estimate of drug-likeness (QED) is 0.249. The van der Waals surface area contributed by atoms with Crippen LogP contribution in [0.5, 0.6) is 0 Å². The Morgan fingerprint density at radius 3 is 2.56 bits per heavy atom. The van der Waals surface area contributed by atoms with Gasteiger partial charge in [-0.15, -0.1) is 24.0 Å². The van der Waals surface area contributed by atoms with Gasteiger partial charge in [0.2, 0.25) is 0 Å². The van der Waals surface area contributed by atoms with Gasteiger partial charge in [-0.05, 0) is 31.5 Å². The van der Waals surface area contributed by atoms with E-state index < -0.39 is 0 Å². The van der Waals surface area contributed by atoms with Gasteiger partial charge < -0.3 is 19.9 Å². The van der Waals surface area contributed by atoms with Crippen molar-refractivity contribution in [1.29, 1.82) is 0 Å². The van der Waals surface area contributed by atoms with Crippen LogP contribution in [0.2, 0.25) is 0 Å². The maximum Gasteiger partial charge on any atom is 0.193 e. The Morgan fingerprint density at radius 2 is 1.84 bits per heavy atom. The number of nitrogens with one attached hydrogen (secondary N) is 1. The normalized spacial score (nSPS) is 23.3. The number of morpholine rings is 1. The summed E-state index contributed by atoms with van der Waals surface area (Å²) in [6.07, 6.45) is 2.28. The van der Waals surface area contributed by atoms with Crippen molar-refractivity contribution in [3.8, 4) is 0 Å². The second-order valence-electron chi connectivity index (χ2n) is 8.64. The first-order valence-electron chi connectivity index (χ1n) is 11.7. The van der Waals surface area contributed by atoms with Gasteiger partial charge in [-0.1, -0.05) is 12.1 Å². The highest BCUT2D eigenvalue weighted by atomic mass is 127. The van der Waals surface area contributed by atoms with Crippen molar-refractivity contribution >= 4 is 35.6 Å². The lowest BCUT2D eigenvalue weighted by Gasteiger charge is -2.36. The standard InChI is InChI=1S/C23H37FN6O.HI/c1-25-23(30-10-7-20(19-30)28-15-17-31-18-16-28)26-8-4-9-27-11-13-29(14-12-27)22-6-3-2-5-21(22)24;/h2-3,5-6,20H,4,7-19H2,1H3,(H,25,26);1H. The first-order chi connectivity index (χ1) is 15.2. The summed E-state index contributed by atoms with van der Waals surface area (Å²) in [4.78, 5) is 14.1. The summed E-state index contributed by atoms with van der Waals surface area (Å²) >= 11 is 0. The summed E-state index contributed by atoms with van der Waals surface area (Å²) in [6, 6.07) is 7.70. The van der Waals surface area contributed by atoms with E-state index in [0.717, 1.165) is 96.7 Å².